The number of thiazole rings is 1. The molecule has 7 heteroatoms. The Bertz CT molecular complexity index is 797. The topological polar surface area (TPSA) is 59.5 Å². The average Bonchev–Trinajstić information content (AvgIpc) is 2.75. The Morgan fingerprint density at radius 2 is 2.17 bits per heavy atom. The van der Waals surface area contributed by atoms with Crippen molar-refractivity contribution < 1.29 is 14.3 Å². The number of amides is 1. The summed E-state index contributed by atoms with van der Waals surface area (Å²) in [5, 5.41) is 1.37. The van der Waals surface area contributed by atoms with Crippen LogP contribution in [0.15, 0.2) is 18.2 Å². The van der Waals surface area contributed by atoms with Gasteiger partial charge in [0, 0.05) is 11.6 Å². The Labute approximate surface area is 149 Å². The van der Waals surface area contributed by atoms with E-state index in [4.69, 9.17) is 16.3 Å². The van der Waals surface area contributed by atoms with Crippen molar-refractivity contribution in [1.82, 2.24) is 9.88 Å². The first-order valence-electron chi connectivity index (χ1n) is 7.80. The number of carbonyl (C=O) groups excluding carboxylic acids is 2. The first kappa shape index (κ1) is 17.2. The summed E-state index contributed by atoms with van der Waals surface area (Å²) in [6.07, 6.45) is 0.471. The van der Waals surface area contributed by atoms with Crippen LogP contribution in [0.3, 0.4) is 0 Å². The number of benzene rings is 1. The first-order valence-corrected chi connectivity index (χ1v) is 9.00. The molecule has 0 radical (unpaired) electrons. The Hall–Kier alpha value is -1.66. The van der Waals surface area contributed by atoms with E-state index in [1.54, 1.807) is 6.07 Å². The molecule has 0 aliphatic carbocycles. The SMILES string of the molecule is CC(C)(C)OC(=O)N1CC[C@H]1C(=O)Cc1nc2cc(Cl)ccc2s1. The Balaban J connectivity index is 1.66. The van der Waals surface area contributed by atoms with Gasteiger partial charge in [0.1, 0.15) is 10.6 Å². The number of likely N-dealkylation sites (tertiary alicyclic amines) is 1. The molecule has 1 fully saturated rings. The zero-order valence-electron chi connectivity index (χ0n) is 13.8. The summed E-state index contributed by atoms with van der Waals surface area (Å²) in [4.78, 5) is 30.6. The lowest BCUT2D eigenvalue weighted by atomic mass is 9.97. The highest BCUT2D eigenvalue weighted by Gasteiger charge is 2.39. The van der Waals surface area contributed by atoms with E-state index in [1.807, 2.05) is 32.9 Å². The van der Waals surface area contributed by atoms with Gasteiger partial charge in [-0.05, 0) is 45.4 Å². The minimum atomic E-state index is -0.563. The molecule has 0 bridgehead atoms. The van der Waals surface area contributed by atoms with Crippen molar-refractivity contribution in [2.75, 3.05) is 6.54 Å². The maximum Gasteiger partial charge on any atom is 0.410 e. The third kappa shape index (κ3) is 3.70. The number of halogens is 1. The van der Waals surface area contributed by atoms with E-state index < -0.39 is 17.7 Å². The van der Waals surface area contributed by atoms with Crippen molar-refractivity contribution in [2.24, 2.45) is 0 Å². The van der Waals surface area contributed by atoms with Gasteiger partial charge in [-0.2, -0.15) is 0 Å². The molecule has 0 unspecified atom stereocenters. The second kappa shape index (κ2) is 6.33. The van der Waals surface area contributed by atoms with Gasteiger partial charge < -0.3 is 4.74 Å². The van der Waals surface area contributed by atoms with E-state index >= 15 is 0 Å². The second-order valence-electron chi connectivity index (χ2n) is 6.84. The van der Waals surface area contributed by atoms with E-state index in [2.05, 4.69) is 4.98 Å². The molecule has 2 heterocycles. The van der Waals surface area contributed by atoms with Gasteiger partial charge in [0.25, 0.3) is 0 Å². The maximum absolute atomic E-state index is 12.5. The van der Waals surface area contributed by atoms with Crippen molar-refractivity contribution in [3.63, 3.8) is 0 Å². The lowest BCUT2D eigenvalue weighted by Crippen LogP contribution is -2.56. The third-order valence-corrected chi connectivity index (χ3v) is 5.01. The zero-order valence-corrected chi connectivity index (χ0v) is 15.4. The molecule has 0 spiro atoms. The van der Waals surface area contributed by atoms with Crippen LogP contribution < -0.4 is 0 Å². The predicted molar refractivity (Wildman–Crippen MR) is 94.7 cm³/mol. The number of hydrogen-bond donors (Lipinski definition) is 0. The number of fused-ring (bicyclic) bond motifs is 1. The number of ketones is 1. The van der Waals surface area contributed by atoms with Gasteiger partial charge in [-0.15, -0.1) is 11.3 Å². The summed E-state index contributed by atoms with van der Waals surface area (Å²) < 4.78 is 6.34. The predicted octanol–water partition coefficient (Wildman–Crippen LogP) is 4.07. The number of hydrogen-bond acceptors (Lipinski definition) is 5. The van der Waals surface area contributed by atoms with Crippen LogP contribution in [-0.2, 0) is 16.0 Å². The van der Waals surface area contributed by atoms with Crippen molar-refractivity contribution in [3.8, 4) is 0 Å². The quantitative estimate of drug-likeness (QED) is 0.821. The largest absolute Gasteiger partial charge is 0.444 e. The van der Waals surface area contributed by atoms with Crippen molar-refractivity contribution in [3.05, 3.63) is 28.2 Å². The fraction of sp³-hybridized carbons (Fsp3) is 0.471. The molecule has 1 aromatic heterocycles. The molecular weight excluding hydrogens is 348 g/mol. The van der Waals surface area contributed by atoms with Crippen molar-refractivity contribution >= 4 is 45.0 Å². The monoisotopic (exact) mass is 366 g/mol. The van der Waals surface area contributed by atoms with Gasteiger partial charge in [0.15, 0.2) is 5.78 Å². The van der Waals surface area contributed by atoms with Gasteiger partial charge in [0.2, 0.25) is 0 Å². The Morgan fingerprint density at radius 3 is 2.79 bits per heavy atom. The number of carbonyl (C=O) groups is 2. The molecule has 5 nitrogen and oxygen atoms in total. The molecule has 3 rings (SSSR count). The van der Waals surface area contributed by atoms with E-state index in [9.17, 15) is 9.59 Å². The highest BCUT2D eigenvalue weighted by atomic mass is 35.5. The van der Waals surface area contributed by atoms with Crippen LogP contribution in [-0.4, -0.2) is 39.9 Å². The number of Topliss-reactive ketones (excluding diaryl/α,β-unsaturated/α-hetero) is 1. The second-order valence-corrected chi connectivity index (χ2v) is 8.39. The summed E-state index contributed by atoms with van der Waals surface area (Å²) in [6, 6.07) is 5.09. The molecule has 0 saturated carbocycles. The molecular formula is C17H19ClN2O3S. The number of nitrogens with zero attached hydrogens (tertiary/aromatic N) is 2. The van der Waals surface area contributed by atoms with Gasteiger partial charge in [-0.1, -0.05) is 11.6 Å². The first-order chi connectivity index (χ1) is 11.2. The van der Waals surface area contributed by atoms with Gasteiger partial charge >= 0.3 is 6.09 Å². The summed E-state index contributed by atoms with van der Waals surface area (Å²) in [5.74, 6) is -0.00253. The molecule has 1 atom stereocenters. The van der Waals surface area contributed by atoms with Crippen LogP contribution in [0.5, 0.6) is 0 Å². The van der Waals surface area contributed by atoms with Crippen molar-refractivity contribution in [1.29, 1.82) is 0 Å². The number of ether oxygens (including phenoxy) is 1. The van der Waals surface area contributed by atoms with Crippen molar-refractivity contribution in [2.45, 2.75) is 45.3 Å². The summed E-state index contributed by atoms with van der Waals surface area (Å²) in [7, 11) is 0. The lowest BCUT2D eigenvalue weighted by molar-refractivity contribution is -0.127. The van der Waals surface area contributed by atoms with E-state index in [1.165, 1.54) is 16.2 Å². The summed E-state index contributed by atoms with van der Waals surface area (Å²) in [5.41, 5.74) is 0.236. The maximum atomic E-state index is 12.5. The molecule has 128 valence electrons. The highest BCUT2D eigenvalue weighted by molar-refractivity contribution is 7.18. The summed E-state index contributed by atoms with van der Waals surface area (Å²) >= 11 is 7.44. The van der Waals surface area contributed by atoms with E-state index in [0.717, 1.165) is 15.2 Å². The molecule has 24 heavy (non-hydrogen) atoms. The minimum Gasteiger partial charge on any atom is -0.444 e. The molecule has 1 amide bonds. The van der Waals surface area contributed by atoms with Crippen LogP contribution in [0, 0.1) is 0 Å². The number of rotatable bonds is 3. The molecule has 1 aromatic carbocycles. The lowest BCUT2D eigenvalue weighted by Gasteiger charge is -2.40. The molecule has 1 aliphatic rings. The van der Waals surface area contributed by atoms with E-state index in [0.29, 0.717) is 18.0 Å². The zero-order chi connectivity index (χ0) is 17.5. The summed E-state index contributed by atoms with van der Waals surface area (Å²) in [6.45, 7) is 6.00. The highest BCUT2D eigenvalue weighted by Crippen LogP contribution is 2.27. The van der Waals surface area contributed by atoms with E-state index in [-0.39, 0.29) is 12.2 Å². The molecule has 1 aliphatic heterocycles. The molecule has 1 saturated heterocycles. The fourth-order valence-electron chi connectivity index (χ4n) is 2.55. The minimum absolute atomic E-state index is 0.00253. The van der Waals surface area contributed by atoms with Crippen LogP contribution in [0.25, 0.3) is 10.2 Å². The van der Waals surface area contributed by atoms with Gasteiger partial charge in [-0.3, -0.25) is 9.69 Å². The van der Waals surface area contributed by atoms with Gasteiger partial charge in [-0.25, -0.2) is 9.78 Å². The average molecular weight is 367 g/mol. The molecule has 2 aromatic rings. The molecule has 0 N–H and O–H groups in total. The van der Waals surface area contributed by atoms with Gasteiger partial charge in [0.05, 0.1) is 22.7 Å². The van der Waals surface area contributed by atoms with Crippen LogP contribution >= 0.6 is 22.9 Å². The van der Waals surface area contributed by atoms with Crippen LogP contribution in [0.4, 0.5) is 4.79 Å². The standard InChI is InChI=1S/C17H19ClN2O3S/c1-17(2,3)23-16(22)20-7-6-12(20)13(21)9-15-19-11-8-10(18)4-5-14(11)24-15/h4-5,8,12H,6-7,9H2,1-3H3/t12-/m0/s1. The Kier molecular flexibility index (Phi) is 4.53. The fourth-order valence-corrected chi connectivity index (χ4v) is 3.68. The normalized spacial score (nSPS) is 17.7. The smallest absolute Gasteiger partial charge is 0.410 e. The Morgan fingerprint density at radius 1 is 1.42 bits per heavy atom. The number of aromatic nitrogens is 1. The third-order valence-electron chi connectivity index (χ3n) is 3.74. The van der Waals surface area contributed by atoms with Crippen LogP contribution in [0.1, 0.15) is 32.2 Å². The van der Waals surface area contributed by atoms with Crippen LogP contribution in [0.2, 0.25) is 5.02 Å².